The first-order valence-corrected chi connectivity index (χ1v) is 8.62. The molecule has 2 N–H and O–H groups in total. The zero-order chi connectivity index (χ0) is 20.3. The van der Waals surface area contributed by atoms with Crippen LogP contribution in [0.1, 0.15) is 22.5 Å². The maximum absolute atomic E-state index is 13.0. The molecule has 1 atom stereocenters. The molecular formula is C18H19F3N4O3. The van der Waals surface area contributed by atoms with Crippen LogP contribution in [-0.4, -0.2) is 47.8 Å². The van der Waals surface area contributed by atoms with Crippen LogP contribution < -0.4 is 15.0 Å². The van der Waals surface area contributed by atoms with E-state index in [1.807, 2.05) is 0 Å². The first-order chi connectivity index (χ1) is 13.3. The van der Waals surface area contributed by atoms with Crippen molar-refractivity contribution in [1.82, 2.24) is 9.97 Å². The minimum atomic E-state index is -4.48. The van der Waals surface area contributed by atoms with Gasteiger partial charge in [0.15, 0.2) is 5.69 Å². The Hall–Kier alpha value is -3.04. The minimum absolute atomic E-state index is 0.0311. The summed E-state index contributed by atoms with van der Waals surface area (Å²) in [5.74, 6) is -0.752. The number of nitrogens with one attached hydrogen (secondary N) is 1. The molecule has 0 aliphatic carbocycles. The van der Waals surface area contributed by atoms with E-state index in [4.69, 9.17) is 4.74 Å². The summed E-state index contributed by atoms with van der Waals surface area (Å²) in [6.07, 6.45) is -3.81. The topological polar surface area (TPSA) is 87.6 Å². The number of carbonyl (C=O) groups is 1. The molecule has 28 heavy (non-hydrogen) atoms. The number of halogens is 3. The van der Waals surface area contributed by atoms with Gasteiger partial charge in [0.2, 0.25) is 5.95 Å². The molecule has 2 aromatic rings. The van der Waals surface area contributed by atoms with Crippen LogP contribution in [0.5, 0.6) is 5.75 Å². The van der Waals surface area contributed by atoms with Crippen LogP contribution >= 0.6 is 0 Å². The van der Waals surface area contributed by atoms with E-state index in [1.54, 1.807) is 11.9 Å². The van der Waals surface area contributed by atoms with Crippen molar-refractivity contribution in [2.24, 2.45) is 5.92 Å². The van der Waals surface area contributed by atoms with Gasteiger partial charge in [0.05, 0.1) is 12.2 Å². The second-order valence-electron chi connectivity index (χ2n) is 6.40. The molecule has 0 radical (unpaired) electrons. The summed E-state index contributed by atoms with van der Waals surface area (Å²) in [7, 11) is 1.62. The Morgan fingerprint density at radius 1 is 1.36 bits per heavy atom. The van der Waals surface area contributed by atoms with Gasteiger partial charge in [-0.3, -0.25) is 0 Å². The Bertz CT molecular complexity index is 860. The molecule has 2 heterocycles. The van der Waals surface area contributed by atoms with E-state index in [0.29, 0.717) is 25.3 Å². The fraction of sp³-hybridized carbons (Fsp3) is 0.389. The highest BCUT2D eigenvalue weighted by atomic mass is 19.4. The van der Waals surface area contributed by atoms with Crippen molar-refractivity contribution >= 4 is 17.7 Å². The van der Waals surface area contributed by atoms with E-state index in [9.17, 15) is 23.1 Å². The zero-order valence-corrected chi connectivity index (χ0v) is 15.0. The Balaban J connectivity index is 1.67. The maximum Gasteiger partial charge on any atom is 0.419 e. The van der Waals surface area contributed by atoms with Crippen molar-refractivity contribution < 1.29 is 27.8 Å². The number of aromatic carboxylic acids is 1. The Morgan fingerprint density at radius 3 is 2.79 bits per heavy atom. The van der Waals surface area contributed by atoms with Crippen LogP contribution in [0.15, 0.2) is 30.3 Å². The number of hydrogen-bond acceptors (Lipinski definition) is 6. The van der Waals surface area contributed by atoms with Crippen LogP contribution in [0.3, 0.4) is 0 Å². The van der Waals surface area contributed by atoms with Crippen LogP contribution in [-0.2, 0) is 6.18 Å². The second kappa shape index (κ2) is 7.91. The third-order valence-electron chi connectivity index (χ3n) is 4.43. The fourth-order valence-corrected chi connectivity index (χ4v) is 3.00. The van der Waals surface area contributed by atoms with E-state index < -0.39 is 17.7 Å². The quantitative estimate of drug-likeness (QED) is 0.776. The van der Waals surface area contributed by atoms with Crippen molar-refractivity contribution in [1.29, 1.82) is 0 Å². The summed E-state index contributed by atoms with van der Waals surface area (Å²) in [4.78, 5) is 21.3. The molecule has 1 aliphatic heterocycles. The summed E-state index contributed by atoms with van der Waals surface area (Å²) < 4.78 is 44.6. The molecule has 7 nitrogen and oxygen atoms in total. The lowest BCUT2D eigenvalue weighted by molar-refractivity contribution is -0.139. The first-order valence-electron chi connectivity index (χ1n) is 8.62. The number of carboxylic acids is 1. The van der Waals surface area contributed by atoms with Crippen LogP contribution in [0.25, 0.3) is 0 Å². The van der Waals surface area contributed by atoms with Gasteiger partial charge in [0.25, 0.3) is 0 Å². The number of benzene rings is 1. The lowest BCUT2D eigenvalue weighted by atomic mass is 10.1. The van der Waals surface area contributed by atoms with E-state index in [-0.39, 0.29) is 29.9 Å². The van der Waals surface area contributed by atoms with Gasteiger partial charge in [-0.05, 0) is 18.6 Å². The van der Waals surface area contributed by atoms with Gasteiger partial charge < -0.3 is 20.1 Å². The molecule has 1 unspecified atom stereocenters. The smallest absolute Gasteiger partial charge is 0.419 e. The molecule has 1 saturated heterocycles. The summed E-state index contributed by atoms with van der Waals surface area (Å²) in [5.41, 5.74) is -0.936. The average molecular weight is 396 g/mol. The van der Waals surface area contributed by atoms with Gasteiger partial charge in [-0.25, -0.2) is 9.78 Å². The van der Waals surface area contributed by atoms with Gasteiger partial charge >= 0.3 is 12.1 Å². The minimum Gasteiger partial charge on any atom is -0.493 e. The SMILES string of the molecule is CNc1cc(C(=O)O)nc(N2CCC(COc3ccccc3C(F)(F)F)C2)n1. The normalized spacial score (nSPS) is 16.9. The number of hydrogen-bond donors (Lipinski definition) is 2. The van der Waals surface area contributed by atoms with Gasteiger partial charge in [-0.2, -0.15) is 18.2 Å². The Morgan fingerprint density at radius 2 is 2.11 bits per heavy atom. The highest BCUT2D eigenvalue weighted by Crippen LogP contribution is 2.36. The van der Waals surface area contributed by atoms with Gasteiger partial charge in [-0.15, -0.1) is 0 Å². The lowest BCUT2D eigenvalue weighted by Gasteiger charge is -2.18. The highest BCUT2D eigenvalue weighted by Gasteiger charge is 2.34. The third kappa shape index (κ3) is 4.44. The summed E-state index contributed by atoms with van der Waals surface area (Å²) in [6.45, 7) is 1.13. The van der Waals surface area contributed by atoms with Crippen LogP contribution in [0, 0.1) is 5.92 Å². The first kappa shape index (κ1) is 19.7. The third-order valence-corrected chi connectivity index (χ3v) is 4.43. The molecule has 10 heteroatoms. The Kier molecular flexibility index (Phi) is 5.57. The summed E-state index contributed by atoms with van der Waals surface area (Å²) >= 11 is 0. The molecule has 0 amide bonds. The highest BCUT2D eigenvalue weighted by molar-refractivity contribution is 5.86. The van der Waals surface area contributed by atoms with Gasteiger partial charge in [0, 0.05) is 32.1 Å². The number of aromatic nitrogens is 2. The number of anilines is 2. The van der Waals surface area contributed by atoms with Crippen LogP contribution in [0.2, 0.25) is 0 Å². The zero-order valence-electron chi connectivity index (χ0n) is 15.0. The number of ether oxygens (including phenoxy) is 1. The monoisotopic (exact) mass is 396 g/mol. The predicted molar refractivity (Wildman–Crippen MR) is 95.8 cm³/mol. The van der Waals surface area contributed by atoms with Gasteiger partial charge in [-0.1, -0.05) is 12.1 Å². The summed E-state index contributed by atoms with van der Waals surface area (Å²) in [6, 6.07) is 6.43. The van der Waals surface area contributed by atoms with E-state index >= 15 is 0 Å². The largest absolute Gasteiger partial charge is 0.493 e. The number of nitrogens with zero attached hydrogens (tertiary/aromatic N) is 3. The molecule has 0 spiro atoms. The van der Waals surface area contributed by atoms with E-state index in [1.165, 1.54) is 24.3 Å². The lowest BCUT2D eigenvalue weighted by Crippen LogP contribution is -2.25. The number of carboxylic acid groups (broad SMARTS) is 1. The molecule has 1 aromatic heterocycles. The average Bonchev–Trinajstić information content (AvgIpc) is 3.14. The molecule has 1 aromatic carbocycles. The molecule has 150 valence electrons. The van der Waals surface area contributed by atoms with Crippen molar-refractivity contribution in [3.05, 3.63) is 41.6 Å². The van der Waals surface area contributed by atoms with Crippen molar-refractivity contribution in [2.45, 2.75) is 12.6 Å². The molecule has 1 aliphatic rings. The van der Waals surface area contributed by atoms with Crippen molar-refractivity contribution in [2.75, 3.05) is 37.0 Å². The predicted octanol–water partition coefficient (Wildman–Crippen LogP) is 3.14. The van der Waals surface area contributed by atoms with E-state index in [2.05, 4.69) is 15.3 Å². The number of rotatable bonds is 6. The standard InChI is InChI=1S/C18H19F3N4O3/c1-22-15-8-13(16(26)27)23-17(24-15)25-7-6-11(9-25)10-28-14-5-3-2-4-12(14)18(19,20)21/h2-5,8,11H,6-7,9-10H2,1H3,(H,26,27)(H,22,23,24). The van der Waals surface area contributed by atoms with Gasteiger partial charge in [0.1, 0.15) is 11.6 Å². The number of alkyl halides is 3. The van der Waals surface area contributed by atoms with Crippen molar-refractivity contribution in [3.8, 4) is 5.75 Å². The molecule has 0 bridgehead atoms. The molecular weight excluding hydrogens is 377 g/mol. The van der Waals surface area contributed by atoms with Crippen LogP contribution in [0.4, 0.5) is 24.9 Å². The molecule has 1 fully saturated rings. The second-order valence-corrected chi connectivity index (χ2v) is 6.40. The Labute approximate surface area is 159 Å². The molecule has 3 rings (SSSR count). The molecule has 0 saturated carbocycles. The fourth-order valence-electron chi connectivity index (χ4n) is 3.00. The number of para-hydroxylation sites is 1. The maximum atomic E-state index is 13.0. The summed E-state index contributed by atoms with van der Waals surface area (Å²) in [5, 5.41) is 12.0. The van der Waals surface area contributed by atoms with E-state index in [0.717, 1.165) is 6.07 Å². The van der Waals surface area contributed by atoms with Crippen molar-refractivity contribution in [3.63, 3.8) is 0 Å².